The van der Waals surface area contributed by atoms with E-state index in [0.717, 1.165) is 38.1 Å². The van der Waals surface area contributed by atoms with E-state index >= 15 is 0 Å². The van der Waals surface area contributed by atoms with Crippen LogP contribution in [-0.2, 0) is 17.8 Å². The molecule has 1 aromatic rings. The molecule has 1 aliphatic rings. The number of aromatic nitrogens is 2. The zero-order chi connectivity index (χ0) is 12.3. The molecule has 0 aromatic carbocycles. The number of hydrogen-bond donors (Lipinski definition) is 1. The highest BCUT2D eigenvalue weighted by Gasteiger charge is 2.34. The van der Waals surface area contributed by atoms with Crippen molar-refractivity contribution in [3.63, 3.8) is 0 Å². The van der Waals surface area contributed by atoms with Crippen LogP contribution in [0.5, 0.6) is 0 Å². The maximum absolute atomic E-state index is 11.9. The fraction of sp³-hybridized carbons (Fsp3) is 0.692. The Labute approximate surface area is 102 Å². The van der Waals surface area contributed by atoms with Crippen molar-refractivity contribution in [3.05, 3.63) is 18.2 Å². The second-order valence-electron chi connectivity index (χ2n) is 5.15. The quantitative estimate of drug-likeness (QED) is 0.816. The van der Waals surface area contributed by atoms with Crippen LogP contribution >= 0.6 is 0 Å². The molecule has 17 heavy (non-hydrogen) atoms. The Morgan fingerprint density at radius 2 is 2.35 bits per heavy atom. The van der Waals surface area contributed by atoms with Gasteiger partial charge in [0.25, 0.3) is 0 Å². The summed E-state index contributed by atoms with van der Waals surface area (Å²) in [6.07, 6.45) is 8.82. The van der Waals surface area contributed by atoms with Crippen LogP contribution in [0.1, 0.15) is 44.9 Å². The first kappa shape index (κ1) is 12.3. The summed E-state index contributed by atoms with van der Waals surface area (Å²) in [7, 11) is 0. The molecule has 4 heteroatoms. The van der Waals surface area contributed by atoms with Crippen molar-refractivity contribution in [1.29, 1.82) is 0 Å². The first-order chi connectivity index (χ1) is 8.13. The van der Waals surface area contributed by atoms with Gasteiger partial charge in [-0.3, -0.25) is 4.79 Å². The number of nitrogens with two attached hydrogens (primary N) is 1. The third-order valence-electron chi connectivity index (χ3n) is 3.52. The highest BCUT2D eigenvalue weighted by atomic mass is 16.1. The second kappa shape index (κ2) is 5.00. The summed E-state index contributed by atoms with van der Waals surface area (Å²) in [5, 5.41) is 0. The summed E-state index contributed by atoms with van der Waals surface area (Å²) in [4.78, 5) is 16.2. The van der Waals surface area contributed by atoms with E-state index in [2.05, 4.69) is 16.5 Å². The van der Waals surface area contributed by atoms with Crippen LogP contribution in [0.2, 0.25) is 0 Å². The fourth-order valence-corrected chi connectivity index (χ4v) is 2.39. The van der Waals surface area contributed by atoms with Crippen LogP contribution in [0.15, 0.2) is 12.4 Å². The molecule has 1 aromatic heterocycles. The number of ketones is 1. The first-order valence-electron chi connectivity index (χ1n) is 6.43. The number of carbonyl (C=O) groups is 1. The molecule has 1 aliphatic carbocycles. The van der Waals surface area contributed by atoms with Gasteiger partial charge in [-0.2, -0.15) is 0 Å². The number of aryl methyl sites for hydroxylation is 1. The van der Waals surface area contributed by atoms with Crippen LogP contribution in [-0.4, -0.2) is 20.9 Å². The molecule has 0 saturated heterocycles. The summed E-state index contributed by atoms with van der Waals surface area (Å²) in [6.45, 7) is 3.05. The number of imidazole rings is 1. The van der Waals surface area contributed by atoms with Crippen molar-refractivity contribution in [2.45, 2.75) is 57.5 Å². The Morgan fingerprint density at radius 1 is 1.59 bits per heavy atom. The molecule has 0 aliphatic heterocycles. The minimum atomic E-state index is -0.209. The highest BCUT2D eigenvalue weighted by Crippen LogP contribution is 2.32. The van der Waals surface area contributed by atoms with E-state index in [0.29, 0.717) is 12.8 Å². The molecule has 0 atom stereocenters. The van der Waals surface area contributed by atoms with Gasteiger partial charge >= 0.3 is 0 Å². The molecule has 0 unspecified atom stereocenters. The topological polar surface area (TPSA) is 60.9 Å². The monoisotopic (exact) mass is 235 g/mol. The lowest BCUT2D eigenvalue weighted by molar-refractivity contribution is -0.120. The van der Waals surface area contributed by atoms with Gasteiger partial charge in [0.2, 0.25) is 0 Å². The van der Waals surface area contributed by atoms with Crippen LogP contribution in [0.3, 0.4) is 0 Å². The minimum Gasteiger partial charge on any atom is -0.335 e. The predicted molar refractivity (Wildman–Crippen MR) is 66.6 cm³/mol. The van der Waals surface area contributed by atoms with Crippen molar-refractivity contribution < 1.29 is 4.79 Å². The Hall–Kier alpha value is -1.16. The van der Waals surface area contributed by atoms with Crippen molar-refractivity contribution in [3.8, 4) is 0 Å². The van der Waals surface area contributed by atoms with Crippen molar-refractivity contribution >= 4 is 5.78 Å². The van der Waals surface area contributed by atoms with Gasteiger partial charge in [-0.25, -0.2) is 4.98 Å². The molecule has 0 amide bonds. The maximum atomic E-state index is 11.9. The molecule has 1 saturated carbocycles. The summed E-state index contributed by atoms with van der Waals surface area (Å²) < 4.78 is 2.06. The number of Topliss-reactive ketones (excluding diaryl/α,β-unsaturated/α-hetero) is 1. The number of nitrogens with zero attached hydrogens (tertiary/aromatic N) is 2. The molecule has 94 valence electrons. The summed E-state index contributed by atoms with van der Waals surface area (Å²) in [5.41, 5.74) is 5.87. The Kier molecular flexibility index (Phi) is 3.62. The number of hydrogen-bond acceptors (Lipinski definition) is 3. The molecular formula is C13H21N3O. The molecule has 1 fully saturated rings. The Bertz CT molecular complexity index is 393. The SMILES string of the molecule is CCCn1ccnc1CC(=O)CC1(N)CCC1. The van der Waals surface area contributed by atoms with Gasteiger partial charge in [0, 0.05) is 30.9 Å². The lowest BCUT2D eigenvalue weighted by Crippen LogP contribution is -2.48. The molecule has 2 N–H and O–H groups in total. The molecular weight excluding hydrogens is 214 g/mol. The third kappa shape index (κ3) is 2.94. The zero-order valence-corrected chi connectivity index (χ0v) is 10.5. The van der Waals surface area contributed by atoms with Gasteiger partial charge in [0.05, 0.1) is 6.42 Å². The summed E-state index contributed by atoms with van der Waals surface area (Å²) in [6, 6.07) is 0. The van der Waals surface area contributed by atoms with Gasteiger partial charge in [-0.15, -0.1) is 0 Å². The van der Waals surface area contributed by atoms with E-state index in [9.17, 15) is 4.79 Å². The number of rotatable bonds is 6. The summed E-state index contributed by atoms with van der Waals surface area (Å²) >= 11 is 0. The lowest BCUT2D eigenvalue weighted by atomic mass is 9.74. The van der Waals surface area contributed by atoms with E-state index in [1.54, 1.807) is 6.20 Å². The predicted octanol–water partition coefficient (Wildman–Crippen LogP) is 1.68. The minimum absolute atomic E-state index is 0.209. The Morgan fingerprint density at radius 3 is 2.94 bits per heavy atom. The standard InChI is InChI=1S/C13H21N3O/c1-2-7-16-8-6-15-12(16)9-11(17)10-13(14)4-3-5-13/h6,8H,2-5,7,9-10,14H2,1H3. The summed E-state index contributed by atoms with van der Waals surface area (Å²) in [5.74, 6) is 1.09. The van der Waals surface area contributed by atoms with Gasteiger partial charge in [-0.05, 0) is 25.7 Å². The van der Waals surface area contributed by atoms with E-state index in [1.807, 2.05) is 6.20 Å². The molecule has 4 nitrogen and oxygen atoms in total. The van der Waals surface area contributed by atoms with Gasteiger partial charge < -0.3 is 10.3 Å². The zero-order valence-electron chi connectivity index (χ0n) is 10.5. The van der Waals surface area contributed by atoms with Gasteiger partial charge in [0.15, 0.2) is 0 Å². The second-order valence-corrected chi connectivity index (χ2v) is 5.15. The average Bonchev–Trinajstić information content (AvgIpc) is 2.64. The highest BCUT2D eigenvalue weighted by molar-refractivity contribution is 5.81. The smallest absolute Gasteiger partial charge is 0.142 e. The third-order valence-corrected chi connectivity index (χ3v) is 3.52. The molecule has 2 rings (SSSR count). The van der Waals surface area contributed by atoms with E-state index in [-0.39, 0.29) is 11.3 Å². The first-order valence-corrected chi connectivity index (χ1v) is 6.43. The van der Waals surface area contributed by atoms with E-state index in [4.69, 9.17) is 5.73 Å². The average molecular weight is 235 g/mol. The Balaban J connectivity index is 1.91. The largest absolute Gasteiger partial charge is 0.335 e. The molecule has 1 heterocycles. The van der Waals surface area contributed by atoms with Gasteiger partial charge in [-0.1, -0.05) is 6.92 Å². The molecule has 0 bridgehead atoms. The van der Waals surface area contributed by atoms with E-state index in [1.165, 1.54) is 0 Å². The van der Waals surface area contributed by atoms with Crippen molar-refractivity contribution in [2.75, 3.05) is 0 Å². The van der Waals surface area contributed by atoms with Gasteiger partial charge in [0.1, 0.15) is 11.6 Å². The van der Waals surface area contributed by atoms with Crippen molar-refractivity contribution in [1.82, 2.24) is 9.55 Å². The lowest BCUT2D eigenvalue weighted by Gasteiger charge is -2.37. The van der Waals surface area contributed by atoms with Crippen LogP contribution in [0, 0.1) is 0 Å². The van der Waals surface area contributed by atoms with Crippen LogP contribution in [0.25, 0.3) is 0 Å². The number of carbonyl (C=O) groups excluding carboxylic acids is 1. The van der Waals surface area contributed by atoms with Crippen LogP contribution in [0.4, 0.5) is 0 Å². The molecule has 0 radical (unpaired) electrons. The maximum Gasteiger partial charge on any atom is 0.142 e. The molecule has 0 spiro atoms. The van der Waals surface area contributed by atoms with Crippen LogP contribution < -0.4 is 5.73 Å². The fourth-order valence-electron chi connectivity index (χ4n) is 2.39. The van der Waals surface area contributed by atoms with E-state index < -0.39 is 0 Å². The van der Waals surface area contributed by atoms with Crippen molar-refractivity contribution in [2.24, 2.45) is 5.73 Å². The normalized spacial score (nSPS) is 17.8.